The Kier molecular flexibility index (Phi) is 2.19. The van der Waals surface area contributed by atoms with E-state index in [4.69, 9.17) is 12.2 Å². The van der Waals surface area contributed by atoms with E-state index in [1.807, 2.05) is 11.5 Å². The lowest BCUT2D eigenvalue weighted by atomic mass is 10.1. The number of hydrogen-bond acceptors (Lipinski definition) is 3. The van der Waals surface area contributed by atoms with Crippen molar-refractivity contribution in [2.45, 2.75) is 13.5 Å². The van der Waals surface area contributed by atoms with Crippen molar-refractivity contribution in [2.24, 2.45) is 0 Å². The summed E-state index contributed by atoms with van der Waals surface area (Å²) in [5.74, 6) is 1.23. The second kappa shape index (κ2) is 3.59. The van der Waals surface area contributed by atoms with Crippen LogP contribution >= 0.6 is 12.2 Å². The number of thiocarbonyl (C=S) groups is 1. The molecule has 0 saturated carbocycles. The van der Waals surface area contributed by atoms with Crippen molar-refractivity contribution < 1.29 is 4.39 Å². The molecule has 0 bridgehead atoms. The van der Waals surface area contributed by atoms with Crippen LogP contribution in [0.5, 0.6) is 0 Å². The molecule has 0 fully saturated rings. The predicted molar refractivity (Wildman–Crippen MR) is 64.6 cm³/mol. The van der Waals surface area contributed by atoms with Crippen LogP contribution in [0.4, 0.5) is 4.39 Å². The highest BCUT2D eigenvalue weighted by molar-refractivity contribution is 7.80. The van der Waals surface area contributed by atoms with E-state index in [1.54, 1.807) is 6.07 Å². The molecule has 0 amide bonds. The molecular formula is C11H9FN4S. The van der Waals surface area contributed by atoms with E-state index < -0.39 is 0 Å². The van der Waals surface area contributed by atoms with Crippen molar-refractivity contribution in [1.82, 2.24) is 20.1 Å². The molecule has 0 aliphatic carbocycles. The molecular weight excluding hydrogens is 239 g/mol. The number of aromatic nitrogens is 3. The Hall–Kier alpha value is -1.82. The van der Waals surface area contributed by atoms with Crippen LogP contribution in [0.2, 0.25) is 0 Å². The van der Waals surface area contributed by atoms with Crippen LogP contribution in [0.25, 0.3) is 5.69 Å². The van der Waals surface area contributed by atoms with Gasteiger partial charge in [-0.15, -0.1) is 10.2 Å². The molecule has 0 atom stereocenters. The lowest BCUT2D eigenvalue weighted by Crippen LogP contribution is -2.20. The van der Waals surface area contributed by atoms with Gasteiger partial charge in [-0.2, -0.15) is 0 Å². The van der Waals surface area contributed by atoms with Crippen LogP contribution in [0.1, 0.15) is 17.2 Å². The second-order valence-electron chi connectivity index (χ2n) is 3.84. The average molecular weight is 248 g/mol. The van der Waals surface area contributed by atoms with Crippen molar-refractivity contribution in [3.05, 3.63) is 41.2 Å². The van der Waals surface area contributed by atoms with Gasteiger partial charge in [0.25, 0.3) is 0 Å². The summed E-state index contributed by atoms with van der Waals surface area (Å²) >= 11 is 5.22. The van der Waals surface area contributed by atoms with E-state index in [9.17, 15) is 4.39 Å². The summed E-state index contributed by atoms with van der Waals surface area (Å²) < 4.78 is 15.2. The SMILES string of the molecule is Cc1nnc2n1-c1ccc(F)cc1C(=S)NC2. The molecule has 3 rings (SSSR count). The highest BCUT2D eigenvalue weighted by atomic mass is 32.1. The lowest BCUT2D eigenvalue weighted by Gasteiger charge is -2.09. The van der Waals surface area contributed by atoms with E-state index in [2.05, 4.69) is 15.5 Å². The minimum atomic E-state index is -0.304. The van der Waals surface area contributed by atoms with Gasteiger partial charge in [0.2, 0.25) is 0 Å². The van der Waals surface area contributed by atoms with Crippen molar-refractivity contribution in [3.8, 4) is 5.69 Å². The Bertz CT molecular complexity index is 620. The van der Waals surface area contributed by atoms with E-state index in [-0.39, 0.29) is 5.82 Å². The third kappa shape index (κ3) is 1.52. The van der Waals surface area contributed by atoms with Gasteiger partial charge in [-0.05, 0) is 25.1 Å². The Labute approximate surface area is 102 Å². The Morgan fingerprint density at radius 1 is 1.41 bits per heavy atom. The summed E-state index contributed by atoms with van der Waals surface area (Å²) in [7, 11) is 0. The maximum Gasteiger partial charge on any atom is 0.157 e. The van der Waals surface area contributed by atoms with Crippen LogP contribution in [0.15, 0.2) is 18.2 Å². The van der Waals surface area contributed by atoms with Gasteiger partial charge in [0.1, 0.15) is 16.6 Å². The van der Waals surface area contributed by atoms with Gasteiger partial charge in [0, 0.05) is 5.56 Å². The lowest BCUT2D eigenvalue weighted by molar-refractivity contribution is 0.627. The fraction of sp³-hybridized carbons (Fsp3) is 0.182. The number of rotatable bonds is 0. The maximum absolute atomic E-state index is 13.3. The molecule has 4 nitrogen and oxygen atoms in total. The fourth-order valence-corrected chi connectivity index (χ4v) is 2.21. The van der Waals surface area contributed by atoms with Crippen LogP contribution in [-0.4, -0.2) is 19.8 Å². The zero-order valence-corrected chi connectivity index (χ0v) is 9.88. The summed E-state index contributed by atoms with van der Waals surface area (Å²) in [4.78, 5) is 0.532. The van der Waals surface area contributed by atoms with Crippen LogP contribution in [0.3, 0.4) is 0 Å². The van der Waals surface area contributed by atoms with Gasteiger partial charge < -0.3 is 5.32 Å². The normalized spacial score (nSPS) is 13.6. The van der Waals surface area contributed by atoms with Gasteiger partial charge in [-0.3, -0.25) is 4.57 Å². The number of aryl methyl sites for hydroxylation is 1. The molecule has 0 spiro atoms. The Morgan fingerprint density at radius 2 is 2.24 bits per heavy atom. The minimum Gasteiger partial charge on any atom is -0.368 e. The molecule has 1 aromatic heterocycles. The zero-order chi connectivity index (χ0) is 12.0. The van der Waals surface area contributed by atoms with Crippen molar-refractivity contribution >= 4 is 17.2 Å². The minimum absolute atomic E-state index is 0.304. The van der Waals surface area contributed by atoms with E-state index >= 15 is 0 Å². The third-order valence-electron chi connectivity index (χ3n) is 2.74. The predicted octanol–water partition coefficient (Wildman–Crippen LogP) is 1.49. The molecule has 1 aromatic carbocycles. The largest absolute Gasteiger partial charge is 0.368 e. The first-order chi connectivity index (χ1) is 8.16. The smallest absolute Gasteiger partial charge is 0.157 e. The second-order valence-corrected chi connectivity index (χ2v) is 4.25. The molecule has 6 heteroatoms. The number of benzene rings is 1. The highest BCUT2D eigenvalue weighted by Gasteiger charge is 2.20. The highest BCUT2D eigenvalue weighted by Crippen LogP contribution is 2.22. The quantitative estimate of drug-likeness (QED) is 0.717. The Morgan fingerprint density at radius 3 is 3.06 bits per heavy atom. The number of nitrogens with zero attached hydrogens (tertiary/aromatic N) is 3. The molecule has 1 aliphatic heterocycles. The molecule has 0 unspecified atom stereocenters. The fourth-order valence-electron chi connectivity index (χ4n) is 1.97. The number of nitrogens with one attached hydrogen (secondary N) is 1. The molecule has 86 valence electrons. The monoisotopic (exact) mass is 248 g/mol. The van der Waals surface area contributed by atoms with Crippen molar-refractivity contribution in [1.29, 1.82) is 0 Å². The van der Waals surface area contributed by atoms with Gasteiger partial charge in [-0.25, -0.2) is 4.39 Å². The average Bonchev–Trinajstić information content (AvgIpc) is 2.61. The number of halogens is 1. The summed E-state index contributed by atoms with van der Waals surface area (Å²) in [6.45, 7) is 2.36. The first-order valence-corrected chi connectivity index (χ1v) is 5.56. The van der Waals surface area contributed by atoms with E-state index in [0.717, 1.165) is 17.3 Å². The van der Waals surface area contributed by atoms with E-state index in [1.165, 1.54) is 12.1 Å². The molecule has 2 heterocycles. The third-order valence-corrected chi connectivity index (χ3v) is 3.11. The molecule has 17 heavy (non-hydrogen) atoms. The van der Waals surface area contributed by atoms with E-state index in [0.29, 0.717) is 17.1 Å². The first-order valence-electron chi connectivity index (χ1n) is 5.16. The summed E-state index contributed by atoms with van der Waals surface area (Å²) in [6.07, 6.45) is 0. The molecule has 0 saturated heterocycles. The topological polar surface area (TPSA) is 42.7 Å². The maximum atomic E-state index is 13.3. The Balaban J connectivity index is 2.34. The van der Waals surface area contributed by atoms with Crippen LogP contribution < -0.4 is 5.32 Å². The molecule has 1 aliphatic rings. The summed E-state index contributed by atoms with van der Waals surface area (Å²) in [5.41, 5.74) is 1.49. The molecule has 1 N–H and O–H groups in total. The van der Waals surface area contributed by atoms with Gasteiger partial charge in [-0.1, -0.05) is 12.2 Å². The van der Waals surface area contributed by atoms with Crippen molar-refractivity contribution in [3.63, 3.8) is 0 Å². The summed E-state index contributed by atoms with van der Waals surface area (Å²) in [5, 5.41) is 11.1. The van der Waals surface area contributed by atoms with Gasteiger partial charge >= 0.3 is 0 Å². The zero-order valence-electron chi connectivity index (χ0n) is 9.07. The standard InChI is InChI=1S/C11H9FN4S/c1-6-14-15-10-5-13-11(17)8-4-7(12)2-3-9(8)16(6)10/h2-4H,5H2,1H3,(H,13,17). The van der Waals surface area contributed by atoms with Gasteiger partial charge in [0.05, 0.1) is 12.2 Å². The van der Waals surface area contributed by atoms with Gasteiger partial charge in [0.15, 0.2) is 5.82 Å². The van der Waals surface area contributed by atoms with Crippen molar-refractivity contribution in [2.75, 3.05) is 0 Å². The number of hydrogen-bond donors (Lipinski definition) is 1. The summed E-state index contributed by atoms with van der Waals surface area (Å²) in [6, 6.07) is 4.54. The van der Waals surface area contributed by atoms with Crippen LogP contribution in [0, 0.1) is 12.7 Å². The first kappa shape index (κ1) is 10.3. The molecule has 2 aromatic rings. The van der Waals surface area contributed by atoms with Crippen LogP contribution in [-0.2, 0) is 6.54 Å². The molecule has 0 radical (unpaired) electrons. The number of fused-ring (bicyclic) bond motifs is 3.